The van der Waals surface area contributed by atoms with Gasteiger partial charge in [0.2, 0.25) is 0 Å². The van der Waals surface area contributed by atoms with E-state index < -0.39 is 13.7 Å². The maximum absolute atomic E-state index is 12.8. The van der Waals surface area contributed by atoms with Crippen LogP contribution in [-0.2, 0) is 14.0 Å². The Bertz CT molecular complexity index is 838. The van der Waals surface area contributed by atoms with Crippen LogP contribution in [0.3, 0.4) is 0 Å². The summed E-state index contributed by atoms with van der Waals surface area (Å²) in [5, 5.41) is 2.55. The molecule has 0 bridgehead atoms. The van der Waals surface area contributed by atoms with Gasteiger partial charge < -0.3 is 9.16 Å². The monoisotopic (exact) mass is 450 g/mol. The summed E-state index contributed by atoms with van der Waals surface area (Å²) < 4.78 is 12.7. The van der Waals surface area contributed by atoms with Gasteiger partial charge in [0.1, 0.15) is 0 Å². The van der Waals surface area contributed by atoms with Crippen molar-refractivity contribution >= 4 is 24.7 Å². The molecule has 2 aromatic carbocycles. The van der Waals surface area contributed by atoms with Gasteiger partial charge in [0.25, 0.3) is 8.32 Å². The van der Waals surface area contributed by atoms with E-state index in [0.29, 0.717) is 13.0 Å². The van der Waals surface area contributed by atoms with Gasteiger partial charge in [-0.05, 0) is 54.4 Å². The van der Waals surface area contributed by atoms with E-state index in [0.717, 1.165) is 25.7 Å². The molecule has 0 saturated heterocycles. The SMILES string of the molecule is C=CCC1(C(=O)OCC)CCC(O[Si](c2ccccc2)(c2ccccc2)C(C)(C)C)CC1. The van der Waals surface area contributed by atoms with Crippen molar-refractivity contribution in [3.63, 3.8) is 0 Å². The highest BCUT2D eigenvalue weighted by Crippen LogP contribution is 2.44. The number of carbonyl (C=O) groups is 1. The van der Waals surface area contributed by atoms with Crippen LogP contribution < -0.4 is 10.4 Å². The third-order valence-corrected chi connectivity index (χ3v) is 12.0. The highest BCUT2D eigenvalue weighted by Gasteiger charge is 2.52. The maximum atomic E-state index is 12.8. The quantitative estimate of drug-likeness (QED) is 0.297. The second kappa shape index (κ2) is 10.2. The van der Waals surface area contributed by atoms with E-state index >= 15 is 0 Å². The van der Waals surface area contributed by atoms with Crippen molar-refractivity contribution < 1.29 is 14.0 Å². The van der Waals surface area contributed by atoms with Gasteiger partial charge in [-0.1, -0.05) is 87.5 Å². The van der Waals surface area contributed by atoms with Gasteiger partial charge in [0.15, 0.2) is 0 Å². The number of hydrogen-bond donors (Lipinski definition) is 0. The summed E-state index contributed by atoms with van der Waals surface area (Å²) in [5.74, 6) is -0.0798. The maximum Gasteiger partial charge on any atom is 0.312 e. The minimum absolute atomic E-state index is 0.0491. The van der Waals surface area contributed by atoms with Gasteiger partial charge in [-0.3, -0.25) is 4.79 Å². The molecule has 0 radical (unpaired) electrons. The first-order valence-corrected chi connectivity index (χ1v) is 13.8. The third kappa shape index (κ3) is 4.77. The summed E-state index contributed by atoms with van der Waals surface area (Å²) in [6, 6.07) is 21.5. The third-order valence-electron chi connectivity index (χ3n) is 6.89. The van der Waals surface area contributed by atoms with Crippen LogP contribution in [-0.4, -0.2) is 27.0 Å². The number of rotatable bonds is 8. The molecule has 0 atom stereocenters. The molecule has 0 aromatic heterocycles. The molecular formula is C28H38O3Si. The van der Waals surface area contributed by atoms with Crippen LogP contribution in [0.5, 0.6) is 0 Å². The Kier molecular flexibility index (Phi) is 7.78. The number of carbonyl (C=O) groups excluding carboxylic acids is 1. The summed E-state index contributed by atoms with van der Waals surface area (Å²) in [4.78, 5) is 12.8. The average Bonchev–Trinajstić information content (AvgIpc) is 2.79. The van der Waals surface area contributed by atoms with Gasteiger partial charge in [-0.15, -0.1) is 6.58 Å². The number of allylic oxidation sites excluding steroid dienone is 1. The van der Waals surface area contributed by atoms with E-state index in [1.54, 1.807) is 0 Å². The minimum Gasteiger partial charge on any atom is -0.466 e. The Morgan fingerprint density at radius 3 is 1.94 bits per heavy atom. The second-order valence-electron chi connectivity index (χ2n) is 9.97. The Hall–Kier alpha value is -2.17. The van der Waals surface area contributed by atoms with Crippen molar-refractivity contribution in [3.8, 4) is 0 Å². The first-order valence-electron chi connectivity index (χ1n) is 11.9. The molecular weight excluding hydrogens is 412 g/mol. The van der Waals surface area contributed by atoms with E-state index in [4.69, 9.17) is 9.16 Å². The molecule has 0 amide bonds. The van der Waals surface area contributed by atoms with Crippen molar-refractivity contribution in [1.29, 1.82) is 0 Å². The Labute approximate surface area is 195 Å². The van der Waals surface area contributed by atoms with E-state index in [2.05, 4.69) is 88.0 Å². The molecule has 0 unspecified atom stereocenters. The molecule has 3 rings (SSSR count). The lowest BCUT2D eigenvalue weighted by atomic mass is 9.71. The molecule has 172 valence electrons. The van der Waals surface area contributed by atoms with Crippen molar-refractivity contribution in [3.05, 3.63) is 73.3 Å². The zero-order valence-electron chi connectivity index (χ0n) is 20.1. The molecule has 0 heterocycles. The molecule has 0 aliphatic heterocycles. The largest absolute Gasteiger partial charge is 0.466 e. The van der Waals surface area contributed by atoms with Crippen molar-refractivity contribution in [2.75, 3.05) is 6.61 Å². The fourth-order valence-electron chi connectivity index (χ4n) is 5.26. The first-order chi connectivity index (χ1) is 15.3. The normalized spacial score (nSPS) is 21.7. The summed E-state index contributed by atoms with van der Waals surface area (Å²) in [5.41, 5.74) is -0.455. The molecule has 1 aliphatic rings. The standard InChI is InChI=1S/C28H38O3Si/c1-6-20-28(26(29)30-7-2)21-18-23(19-22-28)31-32(27(3,4)5,24-14-10-8-11-15-24)25-16-12-9-13-17-25/h6,8-17,23H,1,7,18-22H2,2-5H3. The summed E-state index contributed by atoms with van der Waals surface area (Å²) in [6.45, 7) is 13.1. The molecule has 32 heavy (non-hydrogen) atoms. The van der Waals surface area contributed by atoms with Gasteiger partial charge in [0.05, 0.1) is 12.0 Å². The van der Waals surface area contributed by atoms with Gasteiger partial charge in [-0.2, -0.15) is 0 Å². The lowest BCUT2D eigenvalue weighted by Crippen LogP contribution is -2.68. The molecule has 1 aliphatic carbocycles. The molecule has 1 fully saturated rings. The number of hydrogen-bond acceptors (Lipinski definition) is 3. The van der Waals surface area contributed by atoms with Crippen LogP contribution in [0.2, 0.25) is 5.04 Å². The van der Waals surface area contributed by atoms with Crippen LogP contribution >= 0.6 is 0 Å². The predicted octanol–water partition coefficient (Wildman–Crippen LogP) is 5.63. The number of ether oxygens (including phenoxy) is 1. The lowest BCUT2D eigenvalue weighted by molar-refractivity contribution is -0.158. The van der Waals surface area contributed by atoms with Crippen LogP contribution in [0.1, 0.15) is 59.8 Å². The van der Waals surface area contributed by atoms with Crippen LogP contribution in [0, 0.1) is 5.41 Å². The smallest absolute Gasteiger partial charge is 0.312 e. The molecule has 3 nitrogen and oxygen atoms in total. The predicted molar refractivity (Wildman–Crippen MR) is 135 cm³/mol. The van der Waals surface area contributed by atoms with Crippen molar-refractivity contribution in [1.82, 2.24) is 0 Å². The Morgan fingerprint density at radius 2 is 1.53 bits per heavy atom. The van der Waals surface area contributed by atoms with Gasteiger partial charge >= 0.3 is 5.97 Å². The zero-order valence-corrected chi connectivity index (χ0v) is 21.1. The number of benzene rings is 2. The fourth-order valence-corrected chi connectivity index (χ4v) is 10.0. The van der Waals surface area contributed by atoms with Crippen LogP contribution in [0.15, 0.2) is 73.3 Å². The summed E-state index contributed by atoms with van der Waals surface area (Å²) in [6.07, 6.45) is 5.92. The topological polar surface area (TPSA) is 35.5 Å². The van der Waals surface area contributed by atoms with Crippen molar-refractivity contribution in [2.45, 2.75) is 70.9 Å². The highest BCUT2D eigenvalue weighted by atomic mass is 28.4. The summed E-state index contributed by atoms with van der Waals surface area (Å²) in [7, 11) is -2.58. The molecule has 4 heteroatoms. The lowest BCUT2D eigenvalue weighted by Gasteiger charge is -2.47. The second-order valence-corrected chi connectivity index (χ2v) is 14.2. The van der Waals surface area contributed by atoms with Crippen LogP contribution in [0.25, 0.3) is 0 Å². The van der Waals surface area contributed by atoms with E-state index in [9.17, 15) is 4.79 Å². The van der Waals surface area contributed by atoms with E-state index in [-0.39, 0.29) is 17.1 Å². The molecule has 1 saturated carbocycles. The van der Waals surface area contributed by atoms with Gasteiger partial charge in [0, 0.05) is 6.10 Å². The molecule has 2 aromatic rings. The highest BCUT2D eigenvalue weighted by molar-refractivity contribution is 6.99. The molecule has 0 spiro atoms. The first kappa shape index (κ1) is 24.5. The fraction of sp³-hybridized carbons (Fsp3) is 0.464. The van der Waals surface area contributed by atoms with Crippen LogP contribution in [0.4, 0.5) is 0 Å². The summed E-state index contributed by atoms with van der Waals surface area (Å²) >= 11 is 0. The average molecular weight is 451 g/mol. The van der Waals surface area contributed by atoms with Crippen molar-refractivity contribution in [2.24, 2.45) is 5.41 Å². The Balaban J connectivity index is 1.95. The number of esters is 1. The Morgan fingerprint density at radius 1 is 1.03 bits per heavy atom. The zero-order chi connectivity index (χ0) is 23.2. The van der Waals surface area contributed by atoms with E-state index in [1.807, 2.05) is 13.0 Å². The van der Waals surface area contributed by atoms with E-state index in [1.165, 1.54) is 10.4 Å². The van der Waals surface area contributed by atoms with Gasteiger partial charge in [-0.25, -0.2) is 0 Å². The minimum atomic E-state index is -2.58. The molecule has 0 N–H and O–H groups in total.